The number of rotatable bonds is 5. The summed E-state index contributed by atoms with van der Waals surface area (Å²) in [4.78, 5) is 42.0. The number of nitrogens with zero attached hydrogens (tertiary/aromatic N) is 2. The van der Waals surface area contributed by atoms with Crippen molar-refractivity contribution in [3.63, 3.8) is 0 Å². The first-order valence-corrected chi connectivity index (χ1v) is 10.5. The average Bonchev–Trinajstić information content (AvgIpc) is 3.32. The number of hydrazine groups is 1. The van der Waals surface area contributed by atoms with Crippen LogP contribution >= 0.6 is 11.3 Å². The molecule has 9 heteroatoms. The number of benzene rings is 1. The van der Waals surface area contributed by atoms with E-state index < -0.39 is 23.4 Å². The number of hydrogen-bond donors (Lipinski definition) is 2. The van der Waals surface area contributed by atoms with Gasteiger partial charge in [0, 0.05) is 10.9 Å². The van der Waals surface area contributed by atoms with Gasteiger partial charge < -0.3 is 10.1 Å². The second kappa shape index (κ2) is 7.82. The number of aromatic nitrogens is 1. The minimum atomic E-state index is -0.893. The maximum absolute atomic E-state index is 12.9. The number of urea groups is 1. The van der Waals surface area contributed by atoms with Crippen molar-refractivity contribution in [3.8, 4) is 5.75 Å². The molecular formula is C20H22N4O4S. The molecular weight excluding hydrogens is 392 g/mol. The molecule has 29 heavy (non-hydrogen) atoms. The molecule has 1 aromatic heterocycles. The molecule has 1 saturated carbocycles. The highest BCUT2D eigenvalue weighted by atomic mass is 32.1. The summed E-state index contributed by atoms with van der Waals surface area (Å²) >= 11 is 1.48. The molecule has 4 rings (SSSR count). The molecule has 2 aromatic rings. The van der Waals surface area contributed by atoms with E-state index in [0.29, 0.717) is 36.7 Å². The highest BCUT2D eigenvalue weighted by molar-refractivity contribution is 7.07. The zero-order valence-corrected chi connectivity index (χ0v) is 16.8. The number of thiazole rings is 1. The quantitative estimate of drug-likeness (QED) is 0.733. The highest BCUT2D eigenvalue weighted by Crippen LogP contribution is 2.35. The van der Waals surface area contributed by atoms with Gasteiger partial charge in [0.05, 0.1) is 11.2 Å². The summed E-state index contributed by atoms with van der Waals surface area (Å²) in [6, 6.07) is 5.99. The van der Waals surface area contributed by atoms with Gasteiger partial charge in [0.1, 0.15) is 17.9 Å². The Bertz CT molecular complexity index is 922. The van der Waals surface area contributed by atoms with Crippen LogP contribution in [0, 0.1) is 5.92 Å². The maximum atomic E-state index is 12.9. The summed E-state index contributed by atoms with van der Waals surface area (Å²) in [6.07, 6.45) is 2.91. The summed E-state index contributed by atoms with van der Waals surface area (Å²) in [7, 11) is 0. The van der Waals surface area contributed by atoms with Crippen molar-refractivity contribution in [3.05, 3.63) is 46.4 Å². The lowest BCUT2D eigenvalue weighted by Gasteiger charge is -2.33. The zero-order chi connectivity index (χ0) is 20.4. The predicted octanol–water partition coefficient (Wildman–Crippen LogP) is 2.87. The molecule has 1 aliphatic carbocycles. The van der Waals surface area contributed by atoms with Crippen LogP contribution in [0.25, 0.3) is 0 Å². The zero-order valence-electron chi connectivity index (χ0n) is 16.0. The molecule has 1 aromatic carbocycles. The molecule has 1 spiro atoms. The van der Waals surface area contributed by atoms with E-state index in [-0.39, 0.29) is 0 Å². The van der Waals surface area contributed by atoms with E-state index in [2.05, 4.69) is 22.7 Å². The lowest BCUT2D eigenvalue weighted by Crippen LogP contribution is -2.51. The Morgan fingerprint density at radius 1 is 1.38 bits per heavy atom. The van der Waals surface area contributed by atoms with E-state index in [1.165, 1.54) is 11.3 Å². The van der Waals surface area contributed by atoms with Crippen LogP contribution < -0.4 is 15.5 Å². The van der Waals surface area contributed by atoms with Crippen LogP contribution in [-0.2, 0) is 11.4 Å². The van der Waals surface area contributed by atoms with Crippen LogP contribution in [0.15, 0.2) is 35.2 Å². The first-order valence-electron chi connectivity index (χ1n) is 9.54. The fraction of sp³-hybridized carbons (Fsp3) is 0.400. The number of imide groups is 1. The number of hydrogen-bond acceptors (Lipinski definition) is 6. The lowest BCUT2D eigenvalue weighted by atomic mass is 9.77. The van der Waals surface area contributed by atoms with Crippen LogP contribution in [0.4, 0.5) is 4.79 Å². The molecule has 0 atom stereocenters. The van der Waals surface area contributed by atoms with Crippen LogP contribution in [0.2, 0.25) is 0 Å². The Kier molecular flexibility index (Phi) is 5.23. The summed E-state index contributed by atoms with van der Waals surface area (Å²) in [5.41, 5.74) is 4.36. The number of nitrogens with one attached hydrogen (secondary N) is 2. The molecule has 0 bridgehead atoms. The van der Waals surface area contributed by atoms with Gasteiger partial charge in [-0.1, -0.05) is 13.0 Å². The van der Waals surface area contributed by atoms with Gasteiger partial charge in [-0.3, -0.25) is 15.0 Å². The smallest absolute Gasteiger partial charge is 0.344 e. The van der Waals surface area contributed by atoms with Crippen molar-refractivity contribution >= 4 is 29.2 Å². The Labute approximate surface area is 172 Å². The monoisotopic (exact) mass is 414 g/mol. The van der Waals surface area contributed by atoms with E-state index in [0.717, 1.165) is 23.5 Å². The van der Waals surface area contributed by atoms with Gasteiger partial charge in [0.25, 0.3) is 11.8 Å². The third-order valence-corrected chi connectivity index (χ3v) is 6.10. The molecule has 1 saturated heterocycles. The first kappa shape index (κ1) is 19.4. The van der Waals surface area contributed by atoms with Crippen LogP contribution in [-0.4, -0.2) is 33.4 Å². The topological polar surface area (TPSA) is 101 Å². The van der Waals surface area contributed by atoms with Crippen molar-refractivity contribution in [2.24, 2.45) is 5.92 Å². The fourth-order valence-corrected chi connectivity index (χ4v) is 4.22. The van der Waals surface area contributed by atoms with E-state index >= 15 is 0 Å². The molecule has 2 N–H and O–H groups in total. The van der Waals surface area contributed by atoms with Crippen LogP contribution in [0.3, 0.4) is 0 Å². The molecule has 2 fully saturated rings. The Balaban J connectivity index is 1.42. The van der Waals surface area contributed by atoms with Crippen molar-refractivity contribution in [2.75, 3.05) is 0 Å². The van der Waals surface area contributed by atoms with Gasteiger partial charge in [-0.15, -0.1) is 11.3 Å². The minimum absolute atomic E-state index is 0.291. The molecule has 2 aliphatic rings. The van der Waals surface area contributed by atoms with Crippen LogP contribution in [0.5, 0.6) is 5.75 Å². The standard InChI is InChI=1S/C20H22N4O4S/c1-13-5-7-20(8-6-13)18(26)24(19(27)22-20)23-17(25)14-3-2-4-16(9-14)28-10-15-11-29-12-21-15/h2-4,9,11-13H,5-8,10H2,1H3,(H,22,27)(H,23,25). The second-order valence-electron chi connectivity index (χ2n) is 7.57. The van der Waals surface area contributed by atoms with Crippen molar-refractivity contribution < 1.29 is 19.1 Å². The van der Waals surface area contributed by atoms with E-state index in [4.69, 9.17) is 4.74 Å². The van der Waals surface area contributed by atoms with Gasteiger partial charge in [0.15, 0.2) is 0 Å². The third-order valence-electron chi connectivity index (χ3n) is 5.47. The van der Waals surface area contributed by atoms with Gasteiger partial charge in [-0.05, 0) is 49.8 Å². The molecule has 2 heterocycles. The number of carbonyl (C=O) groups excluding carboxylic acids is 3. The third kappa shape index (κ3) is 3.95. The molecule has 8 nitrogen and oxygen atoms in total. The van der Waals surface area contributed by atoms with Gasteiger partial charge >= 0.3 is 6.03 Å². The number of amides is 4. The van der Waals surface area contributed by atoms with Crippen molar-refractivity contribution in [2.45, 2.75) is 44.8 Å². The summed E-state index contributed by atoms with van der Waals surface area (Å²) in [6.45, 7) is 2.43. The Hall–Kier alpha value is -2.94. The minimum Gasteiger partial charge on any atom is -0.487 e. The van der Waals surface area contributed by atoms with Crippen molar-refractivity contribution in [1.82, 2.24) is 20.7 Å². The normalized spacial score (nSPS) is 23.9. The number of ether oxygens (including phenoxy) is 1. The lowest BCUT2D eigenvalue weighted by molar-refractivity contribution is -0.134. The SMILES string of the molecule is CC1CCC2(CC1)NC(=O)N(NC(=O)c1cccc(OCc3cscn3)c1)C2=O. The molecule has 1 aliphatic heterocycles. The molecule has 0 unspecified atom stereocenters. The summed E-state index contributed by atoms with van der Waals surface area (Å²) < 4.78 is 5.66. The second-order valence-corrected chi connectivity index (χ2v) is 8.29. The molecule has 0 radical (unpaired) electrons. The summed E-state index contributed by atoms with van der Waals surface area (Å²) in [5.74, 6) is 0.0918. The van der Waals surface area contributed by atoms with Gasteiger partial charge in [0.2, 0.25) is 0 Å². The highest BCUT2D eigenvalue weighted by Gasteiger charge is 2.52. The molecule has 4 amide bonds. The first-order chi connectivity index (χ1) is 14.0. The maximum Gasteiger partial charge on any atom is 0.344 e. The Morgan fingerprint density at radius 3 is 2.90 bits per heavy atom. The van der Waals surface area contributed by atoms with E-state index in [1.54, 1.807) is 29.8 Å². The number of carbonyl (C=O) groups is 3. The Morgan fingerprint density at radius 2 is 2.17 bits per heavy atom. The van der Waals surface area contributed by atoms with E-state index in [9.17, 15) is 14.4 Å². The average molecular weight is 414 g/mol. The predicted molar refractivity (Wildman–Crippen MR) is 106 cm³/mol. The van der Waals surface area contributed by atoms with Crippen molar-refractivity contribution in [1.29, 1.82) is 0 Å². The van der Waals surface area contributed by atoms with Gasteiger partial charge in [-0.25, -0.2) is 9.78 Å². The van der Waals surface area contributed by atoms with E-state index in [1.807, 2.05) is 5.38 Å². The summed E-state index contributed by atoms with van der Waals surface area (Å²) in [5, 5.41) is 5.48. The van der Waals surface area contributed by atoms with Gasteiger partial charge in [-0.2, -0.15) is 5.01 Å². The molecule has 152 valence electrons. The van der Waals surface area contributed by atoms with Crippen LogP contribution in [0.1, 0.15) is 48.7 Å². The fourth-order valence-electron chi connectivity index (χ4n) is 3.67. The largest absolute Gasteiger partial charge is 0.487 e.